The SMILES string of the molecule is Cc1cc(C)n(CC(=O)NCc2ccccc2CN2CCC(O)CC2)n1. The molecule has 3 rings (SSSR count). The lowest BCUT2D eigenvalue weighted by atomic mass is 10.0. The number of nitrogens with zero attached hydrogens (tertiary/aromatic N) is 3. The van der Waals surface area contributed by atoms with Crippen LogP contribution in [0, 0.1) is 13.8 Å². The molecule has 1 aliphatic rings. The van der Waals surface area contributed by atoms with E-state index in [9.17, 15) is 9.90 Å². The van der Waals surface area contributed by atoms with Crippen LogP contribution in [0.1, 0.15) is 35.4 Å². The van der Waals surface area contributed by atoms with Crippen LogP contribution in [0.3, 0.4) is 0 Å². The first kappa shape index (κ1) is 18.6. The molecular formula is C20H28N4O2. The lowest BCUT2D eigenvalue weighted by Crippen LogP contribution is -2.35. The van der Waals surface area contributed by atoms with Gasteiger partial charge in [-0.2, -0.15) is 5.10 Å². The third-order valence-electron chi connectivity index (χ3n) is 4.94. The number of aryl methyl sites for hydroxylation is 2. The summed E-state index contributed by atoms with van der Waals surface area (Å²) in [5, 5.41) is 17.0. The molecule has 0 aliphatic carbocycles. The van der Waals surface area contributed by atoms with Crippen LogP contribution < -0.4 is 5.32 Å². The number of hydrogen-bond acceptors (Lipinski definition) is 4. The van der Waals surface area contributed by atoms with Gasteiger partial charge in [0.15, 0.2) is 0 Å². The highest BCUT2D eigenvalue weighted by atomic mass is 16.3. The van der Waals surface area contributed by atoms with Gasteiger partial charge in [0.05, 0.1) is 11.8 Å². The molecule has 0 saturated carbocycles. The summed E-state index contributed by atoms with van der Waals surface area (Å²) in [5.41, 5.74) is 4.29. The number of nitrogens with one attached hydrogen (secondary N) is 1. The monoisotopic (exact) mass is 356 g/mol. The van der Waals surface area contributed by atoms with Crippen LogP contribution in [0.2, 0.25) is 0 Å². The van der Waals surface area contributed by atoms with Crippen molar-refractivity contribution in [2.45, 2.75) is 52.4 Å². The fourth-order valence-electron chi connectivity index (χ4n) is 3.42. The summed E-state index contributed by atoms with van der Waals surface area (Å²) in [7, 11) is 0. The van der Waals surface area contributed by atoms with E-state index in [1.165, 1.54) is 5.56 Å². The van der Waals surface area contributed by atoms with E-state index in [0.717, 1.165) is 49.4 Å². The predicted molar refractivity (Wildman–Crippen MR) is 101 cm³/mol. The minimum atomic E-state index is -0.157. The fraction of sp³-hybridized carbons (Fsp3) is 0.500. The topological polar surface area (TPSA) is 70.4 Å². The van der Waals surface area contributed by atoms with Crippen molar-refractivity contribution in [1.29, 1.82) is 0 Å². The molecule has 0 spiro atoms. The number of aromatic nitrogens is 2. The standard InChI is InChI=1S/C20H28N4O2/c1-15-11-16(2)24(22-15)14-20(26)21-12-17-5-3-4-6-18(17)13-23-9-7-19(25)8-10-23/h3-6,11,19,25H,7-10,12-14H2,1-2H3,(H,21,26). The van der Waals surface area contributed by atoms with Crippen LogP contribution in [0.5, 0.6) is 0 Å². The molecule has 1 amide bonds. The average molecular weight is 356 g/mol. The van der Waals surface area contributed by atoms with Gasteiger partial charge in [-0.1, -0.05) is 24.3 Å². The Hall–Kier alpha value is -2.18. The van der Waals surface area contributed by atoms with Crippen LogP contribution in [0.25, 0.3) is 0 Å². The normalized spacial score (nSPS) is 16.0. The molecule has 1 aliphatic heterocycles. The highest BCUT2D eigenvalue weighted by molar-refractivity contribution is 5.75. The van der Waals surface area contributed by atoms with Crippen molar-refractivity contribution in [3.05, 3.63) is 52.8 Å². The van der Waals surface area contributed by atoms with Crippen molar-refractivity contribution < 1.29 is 9.90 Å². The maximum Gasteiger partial charge on any atom is 0.242 e. The summed E-state index contributed by atoms with van der Waals surface area (Å²) in [6.45, 7) is 7.34. The number of amides is 1. The number of rotatable bonds is 6. The van der Waals surface area contributed by atoms with Crippen LogP contribution in [-0.4, -0.2) is 44.9 Å². The quantitative estimate of drug-likeness (QED) is 0.828. The number of aliphatic hydroxyl groups is 1. The van der Waals surface area contributed by atoms with Gasteiger partial charge in [0.2, 0.25) is 5.91 Å². The Morgan fingerprint density at radius 1 is 1.23 bits per heavy atom. The zero-order valence-corrected chi connectivity index (χ0v) is 15.6. The minimum absolute atomic E-state index is 0.0351. The molecule has 1 fully saturated rings. The van der Waals surface area contributed by atoms with Gasteiger partial charge >= 0.3 is 0 Å². The van der Waals surface area contributed by atoms with Gasteiger partial charge in [-0.15, -0.1) is 0 Å². The number of piperidine rings is 1. The number of carbonyl (C=O) groups is 1. The van der Waals surface area contributed by atoms with Crippen molar-refractivity contribution in [1.82, 2.24) is 20.0 Å². The summed E-state index contributed by atoms with van der Waals surface area (Å²) in [5.74, 6) is -0.0351. The van der Waals surface area contributed by atoms with E-state index in [4.69, 9.17) is 0 Å². The summed E-state index contributed by atoms with van der Waals surface area (Å²) >= 11 is 0. The van der Waals surface area contributed by atoms with E-state index in [-0.39, 0.29) is 18.6 Å². The van der Waals surface area contributed by atoms with Gasteiger partial charge < -0.3 is 10.4 Å². The molecule has 2 heterocycles. The van der Waals surface area contributed by atoms with E-state index in [0.29, 0.717) is 6.54 Å². The van der Waals surface area contributed by atoms with Crippen molar-refractivity contribution in [3.8, 4) is 0 Å². The molecule has 6 heteroatoms. The zero-order valence-electron chi connectivity index (χ0n) is 15.6. The lowest BCUT2D eigenvalue weighted by molar-refractivity contribution is -0.122. The van der Waals surface area contributed by atoms with Gasteiger partial charge in [-0.3, -0.25) is 14.4 Å². The number of carbonyl (C=O) groups excluding carboxylic acids is 1. The second-order valence-corrected chi connectivity index (χ2v) is 7.14. The zero-order chi connectivity index (χ0) is 18.5. The third kappa shape index (κ3) is 4.93. The summed E-state index contributed by atoms with van der Waals surface area (Å²) in [6.07, 6.45) is 1.51. The van der Waals surface area contributed by atoms with Crippen molar-refractivity contribution >= 4 is 5.91 Å². The maximum absolute atomic E-state index is 12.3. The molecule has 1 saturated heterocycles. The predicted octanol–water partition coefficient (Wildman–Crippen LogP) is 1.77. The van der Waals surface area contributed by atoms with Crippen molar-refractivity contribution in [2.75, 3.05) is 13.1 Å². The molecule has 1 aromatic heterocycles. The fourth-order valence-corrected chi connectivity index (χ4v) is 3.42. The Balaban J connectivity index is 1.56. The molecule has 0 unspecified atom stereocenters. The molecule has 2 N–H and O–H groups in total. The maximum atomic E-state index is 12.3. The van der Waals surface area contributed by atoms with Crippen LogP contribution in [0.15, 0.2) is 30.3 Å². The van der Waals surface area contributed by atoms with Gasteiger partial charge in [0, 0.05) is 31.9 Å². The van der Waals surface area contributed by atoms with E-state index < -0.39 is 0 Å². The first-order chi connectivity index (χ1) is 12.5. The number of hydrogen-bond donors (Lipinski definition) is 2. The summed E-state index contributed by atoms with van der Waals surface area (Å²) < 4.78 is 1.73. The van der Waals surface area contributed by atoms with E-state index in [1.807, 2.05) is 32.0 Å². The van der Waals surface area contributed by atoms with Gasteiger partial charge in [-0.25, -0.2) is 0 Å². The molecule has 2 aromatic rings. The molecule has 0 atom stereocenters. The summed E-state index contributed by atoms with van der Waals surface area (Å²) in [6, 6.07) is 10.2. The first-order valence-corrected chi connectivity index (χ1v) is 9.26. The van der Waals surface area contributed by atoms with Crippen LogP contribution in [-0.2, 0) is 24.4 Å². The van der Waals surface area contributed by atoms with Crippen molar-refractivity contribution in [2.24, 2.45) is 0 Å². The molecule has 140 valence electrons. The molecule has 26 heavy (non-hydrogen) atoms. The average Bonchev–Trinajstić information content (AvgIpc) is 2.93. The molecule has 1 aromatic carbocycles. The Morgan fingerprint density at radius 2 is 1.92 bits per heavy atom. The van der Waals surface area contributed by atoms with Gasteiger partial charge in [0.25, 0.3) is 0 Å². The minimum Gasteiger partial charge on any atom is -0.393 e. The molecule has 0 bridgehead atoms. The third-order valence-corrected chi connectivity index (χ3v) is 4.94. The number of aliphatic hydroxyl groups excluding tert-OH is 1. The Kier molecular flexibility index (Phi) is 6.06. The largest absolute Gasteiger partial charge is 0.393 e. The van der Waals surface area contributed by atoms with E-state index in [1.54, 1.807) is 4.68 Å². The number of benzene rings is 1. The smallest absolute Gasteiger partial charge is 0.242 e. The highest BCUT2D eigenvalue weighted by Crippen LogP contribution is 2.16. The number of likely N-dealkylation sites (tertiary alicyclic amines) is 1. The van der Waals surface area contributed by atoms with Crippen LogP contribution >= 0.6 is 0 Å². The van der Waals surface area contributed by atoms with Crippen molar-refractivity contribution in [3.63, 3.8) is 0 Å². The van der Waals surface area contributed by atoms with Crippen LogP contribution in [0.4, 0.5) is 0 Å². The molecular weight excluding hydrogens is 328 g/mol. The van der Waals surface area contributed by atoms with Gasteiger partial charge in [-0.05, 0) is 43.9 Å². The second kappa shape index (κ2) is 8.47. The Labute approximate surface area is 154 Å². The first-order valence-electron chi connectivity index (χ1n) is 9.26. The Bertz CT molecular complexity index is 748. The highest BCUT2D eigenvalue weighted by Gasteiger charge is 2.18. The van der Waals surface area contributed by atoms with Gasteiger partial charge in [0.1, 0.15) is 6.54 Å². The van der Waals surface area contributed by atoms with E-state index in [2.05, 4.69) is 27.4 Å². The molecule has 0 radical (unpaired) electrons. The Morgan fingerprint density at radius 3 is 2.58 bits per heavy atom. The summed E-state index contributed by atoms with van der Waals surface area (Å²) in [4.78, 5) is 14.6. The van der Waals surface area contributed by atoms with E-state index >= 15 is 0 Å². The lowest BCUT2D eigenvalue weighted by Gasteiger charge is -2.30. The second-order valence-electron chi connectivity index (χ2n) is 7.14. The molecule has 6 nitrogen and oxygen atoms in total.